The van der Waals surface area contributed by atoms with E-state index in [4.69, 9.17) is 4.74 Å². The summed E-state index contributed by atoms with van der Waals surface area (Å²) in [7, 11) is 3.34. The van der Waals surface area contributed by atoms with E-state index in [0.717, 1.165) is 11.6 Å². The normalized spacial score (nSPS) is 11.7. The van der Waals surface area contributed by atoms with E-state index < -0.39 is 22.9 Å². The number of rotatable bonds is 7. The molecule has 0 spiro atoms. The van der Waals surface area contributed by atoms with Crippen LogP contribution in [0.3, 0.4) is 0 Å². The zero-order chi connectivity index (χ0) is 21.7. The summed E-state index contributed by atoms with van der Waals surface area (Å²) in [6.45, 7) is 5.48. The lowest BCUT2D eigenvalue weighted by atomic mass is 10.0. The van der Waals surface area contributed by atoms with Gasteiger partial charge >= 0.3 is 5.97 Å². The van der Waals surface area contributed by atoms with Gasteiger partial charge < -0.3 is 15.0 Å². The summed E-state index contributed by atoms with van der Waals surface area (Å²) >= 11 is 0. The van der Waals surface area contributed by atoms with Crippen molar-refractivity contribution in [1.82, 2.24) is 0 Å². The second-order valence-corrected chi connectivity index (χ2v) is 7.13. The first-order valence-corrected chi connectivity index (χ1v) is 9.18. The van der Waals surface area contributed by atoms with Gasteiger partial charge in [-0.2, -0.15) is 0 Å². The summed E-state index contributed by atoms with van der Waals surface area (Å²) < 4.78 is 5.22. The molecule has 0 radical (unpaired) electrons. The molecule has 154 valence electrons. The Hall–Kier alpha value is -3.42. The molecule has 0 aromatic heterocycles. The number of ether oxygens (including phenoxy) is 1. The van der Waals surface area contributed by atoms with Gasteiger partial charge in [-0.1, -0.05) is 32.0 Å². The number of amides is 1. The third-order valence-corrected chi connectivity index (χ3v) is 4.38. The quantitative estimate of drug-likeness (QED) is 0.429. The third kappa shape index (κ3) is 5.31. The number of esters is 1. The van der Waals surface area contributed by atoms with Crippen LogP contribution in [0.15, 0.2) is 42.5 Å². The number of anilines is 2. The van der Waals surface area contributed by atoms with Crippen LogP contribution in [0.4, 0.5) is 17.1 Å². The molecule has 8 heteroatoms. The van der Waals surface area contributed by atoms with Crippen molar-refractivity contribution >= 4 is 28.9 Å². The molecule has 1 atom stereocenters. The first-order chi connectivity index (χ1) is 13.6. The van der Waals surface area contributed by atoms with E-state index in [-0.39, 0.29) is 17.2 Å². The van der Waals surface area contributed by atoms with Gasteiger partial charge in [0, 0.05) is 25.8 Å². The second-order valence-electron chi connectivity index (χ2n) is 7.13. The Morgan fingerprint density at radius 1 is 1.10 bits per heavy atom. The molecule has 0 heterocycles. The van der Waals surface area contributed by atoms with Gasteiger partial charge in [0.25, 0.3) is 11.6 Å². The fourth-order valence-electron chi connectivity index (χ4n) is 2.81. The highest BCUT2D eigenvalue weighted by Crippen LogP contribution is 2.28. The van der Waals surface area contributed by atoms with Crippen molar-refractivity contribution in [2.75, 3.05) is 24.3 Å². The van der Waals surface area contributed by atoms with Crippen molar-refractivity contribution in [3.05, 3.63) is 63.7 Å². The summed E-state index contributed by atoms with van der Waals surface area (Å²) in [6.07, 6.45) is -1.07. The molecule has 29 heavy (non-hydrogen) atoms. The number of hydrogen-bond donors (Lipinski definition) is 1. The molecule has 1 amide bonds. The Balaban J connectivity index is 2.14. The van der Waals surface area contributed by atoms with Gasteiger partial charge in [0.15, 0.2) is 6.10 Å². The van der Waals surface area contributed by atoms with Gasteiger partial charge in [0.2, 0.25) is 0 Å². The number of hydrogen-bond acceptors (Lipinski definition) is 6. The van der Waals surface area contributed by atoms with Crippen LogP contribution in [0.2, 0.25) is 0 Å². The molecule has 0 saturated carbocycles. The van der Waals surface area contributed by atoms with Crippen molar-refractivity contribution < 1.29 is 19.2 Å². The van der Waals surface area contributed by atoms with Crippen LogP contribution in [0.25, 0.3) is 0 Å². The second kappa shape index (κ2) is 9.18. The molecule has 0 fully saturated rings. The molecule has 0 aliphatic rings. The minimum Gasteiger partial charge on any atom is -0.449 e. The van der Waals surface area contributed by atoms with Crippen molar-refractivity contribution in [2.24, 2.45) is 0 Å². The number of benzene rings is 2. The van der Waals surface area contributed by atoms with Crippen LogP contribution in [-0.2, 0) is 9.53 Å². The molecule has 8 nitrogen and oxygen atoms in total. The molecular formula is C21H25N3O5. The van der Waals surface area contributed by atoms with Gasteiger partial charge in [-0.15, -0.1) is 0 Å². The molecule has 0 bridgehead atoms. The van der Waals surface area contributed by atoms with Crippen LogP contribution in [0.5, 0.6) is 0 Å². The highest BCUT2D eigenvalue weighted by molar-refractivity contribution is 5.98. The molecule has 0 unspecified atom stereocenters. The van der Waals surface area contributed by atoms with Crippen molar-refractivity contribution in [1.29, 1.82) is 0 Å². The lowest BCUT2D eigenvalue weighted by Crippen LogP contribution is -2.30. The van der Waals surface area contributed by atoms with Gasteiger partial charge in [0.05, 0.1) is 10.5 Å². The maximum Gasteiger partial charge on any atom is 0.339 e. The number of nitrogens with one attached hydrogen (secondary N) is 1. The minimum atomic E-state index is -1.07. The van der Waals surface area contributed by atoms with Crippen molar-refractivity contribution in [3.8, 4) is 0 Å². The van der Waals surface area contributed by atoms with Crippen LogP contribution in [-0.4, -0.2) is 37.0 Å². The smallest absolute Gasteiger partial charge is 0.339 e. The summed E-state index contributed by atoms with van der Waals surface area (Å²) in [5.74, 6) is -1.08. The van der Waals surface area contributed by atoms with E-state index in [2.05, 4.69) is 5.32 Å². The van der Waals surface area contributed by atoms with Crippen LogP contribution in [0, 0.1) is 10.1 Å². The summed E-state index contributed by atoms with van der Waals surface area (Å²) in [5, 5.41) is 14.1. The lowest BCUT2D eigenvalue weighted by Gasteiger charge is -2.17. The number of nitro groups is 1. The lowest BCUT2D eigenvalue weighted by molar-refractivity contribution is -0.384. The first kappa shape index (κ1) is 21.9. The molecule has 1 N–H and O–H groups in total. The summed E-state index contributed by atoms with van der Waals surface area (Å²) in [5.41, 5.74) is 1.77. The molecule has 0 saturated heterocycles. The van der Waals surface area contributed by atoms with E-state index >= 15 is 0 Å². The van der Waals surface area contributed by atoms with Crippen LogP contribution >= 0.6 is 0 Å². The van der Waals surface area contributed by atoms with Crippen LogP contribution < -0.4 is 10.2 Å². The predicted octanol–water partition coefficient (Wildman–Crippen LogP) is 3.97. The van der Waals surface area contributed by atoms with E-state index in [1.165, 1.54) is 19.1 Å². The standard InChI is InChI=1S/C21H25N3O5/c1-13(2)16-8-6-7-9-17(16)22-20(25)14(3)29-21(26)15-10-11-18(23(4)5)19(12-15)24(27)28/h6-14H,1-5H3,(H,22,25)/t14-/m1/s1. The van der Waals surface area contributed by atoms with E-state index in [1.807, 2.05) is 32.0 Å². The highest BCUT2D eigenvalue weighted by atomic mass is 16.6. The van der Waals surface area contributed by atoms with Crippen molar-refractivity contribution in [2.45, 2.75) is 32.8 Å². The Kier molecular flexibility index (Phi) is 6.93. The molecule has 2 aromatic carbocycles. The Morgan fingerprint density at radius 3 is 2.34 bits per heavy atom. The first-order valence-electron chi connectivity index (χ1n) is 9.18. The maximum atomic E-state index is 12.5. The van der Waals surface area contributed by atoms with Crippen LogP contribution in [0.1, 0.15) is 42.6 Å². The monoisotopic (exact) mass is 399 g/mol. The van der Waals surface area contributed by atoms with Gasteiger partial charge in [-0.05, 0) is 36.6 Å². The number of carbonyl (C=O) groups is 2. The Morgan fingerprint density at radius 2 is 1.76 bits per heavy atom. The molecular weight excluding hydrogens is 374 g/mol. The van der Waals surface area contributed by atoms with E-state index in [0.29, 0.717) is 11.4 Å². The van der Waals surface area contributed by atoms with Gasteiger partial charge in [0.1, 0.15) is 5.69 Å². The number of nitrogens with zero attached hydrogens (tertiary/aromatic N) is 2. The third-order valence-electron chi connectivity index (χ3n) is 4.38. The fraction of sp³-hybridized carbons (Fsp3) is 0.333. The molecule has 2 aromatic rings. The Bertz CT molecular complexity index is 924. The van der Waals surface area contributed by atoms with Gasteiger partial charge in [-0.3, -0.25) is 14.9 Å². The number of para-hydroxylation sites is 1. The zero-order valence-electron chi connectivity index (χ0n) is 17.1. The highest BCUT2D eigenvalue weighted by Gasteiger charge is 2.23. The molecule has 0 aliphatic heterocycles. The van der Waals surface area contributed by atoms with E-state index in [9.17, 15) is 19.7 Å². The Labute approximate surface area is 169 Å². The van der Waals surface area contributed by atoms with Crippen molar-refractivity contribution in [3.63, 3.8) is 0 Å². The fourth-order valence-corrected chi connectivity index (χ4v) is 2.81. The van der Waals surface area contributed by atoms with Gasteiger partial charge in [-0.25, -0.2) is 4.79 Å². The predicted molar refractivity (Wildman–Crippen MR) is 111 cm³/mol. The zero-order valence-corrected chi connectivity index (χ0v) is 17.1. The number of nitro benzene ring substituents is 1. The number of carbonyl (C=O) groups excluding carboxylic acids is 2. The minimum absolute atomic E-state index is 0.00419. The summed E-state index contributed by atoms with van der Waals surface area (Å²) in [6, 6.07) is 11.5. The largest absolute Gasteiger partial charge is 0.449 e. The molecule has 0 aliphatic carbocycles. The topological polar surface area (TPSA) is 102 Å². The van der Waals surface area contributed by atoms with E-state index in [1.54, 1.807) is 25.1 Å². The average Bonchev–Trinajstić information content (AvgIpc) is 2.67. The summed E-state index contributed by atoms with van der Waals surface area (Å²) in [4.78, 5) is 37.2. The average molecular weight is 399 g/mol. The SMILES string of the molecule is CC(C)c1ccccc1NC(=O)[C@@H](C)OC(=O)c1ccc(N(C)C)c([N+](=O)[O-])c1. The maximum absolute atomic E-state index is 12.5. The molecule has 2 rings (SSSR count).